The lowest BCUT2D eigenvalue weighted by molar-refractivity contribution is -0.463. The maximum absolute atomic E-state index is 8.44. The highest BCUT2D eigenvalue weighted by atomic mass is 28.4. The third-order valence-corrected chi connectivity index (χ3v) is 13.1. The van der Waals surface area contributed by atoms with Crippen LogP contribution in [0.4, 0.5) is 0 Å². The average molecular weight is 463 g/mol. The smallest absolute Gasteiger partial charge is 0.335 e. The van der Waals surface area contributed by atoms with Crippen molar-refractivity contribution in [3.05, 3.63) is 47.2 Å². The number of aryl methyl sites for hydroxylation is 1. The van der Waals surface area contributed by atoms with E-state index >= 15 is 0 Å². The van der Waals surface area contributed by atoms with Crippen molar-refractivity contribution in [1.82, 2.24) is 4.57 Å². The molecule has 4 heteroatoms. The average Bonchev–Trinajstić information content (AvgIpc) is 3.10. The van der Waals surface area contributed by atoms with Gasteiger partial charge in [0.25, 0.3) is 5.65 Å². The predicted molar refractivity (Wildman–Crippen MR) is 143 cm³/mol. The largest absolute Gasteiger partial charge is 0.532 e. The second-order valence-electron chi connectivity index (χ2n) is 11.0. The fourth-order valence-corrected chi connectivity index (χ4v) is 11.3. The van der Waals surface area contributed by atoms with E-state index in [2.05, 4.69) is 89.5 Å². The third kappa shape index (κ3) is 2.70. The summed E-state index contributed by atoms with van der Waals surface area (Å²) >= 11 is 0. The van der Waals surface area contributed by atoms with Crippen LogP contribution in [0.1, 0.15) is 88.3 Å². The van der Waals surface area contributed by atoms with Crippen LogP contribution in [0.25, 0.3) is 27.3 Å². The van der Waals surface area contributed by atoms with Crippen molar-refractivity contribution in [3.63, 3.8) is 0 Å². The standard InChI is InChI=1S/C29H39N2OSi/c1-16(2)22-12-11-13-23-25-20(9)14-15-24-27(25)31-28(26(22)23)30(17(3)4)21(10)29(31)33(32-24,18(5)6)19(7)8/h11-19H,1-10H3/q+1/i9D3. The molecule has 1 aliphatic heterocycles. The zero-order valence-electron chi connectivity index (χ0n) is 24.5. The zero-order valence-corrected chi connectivity index (χ0v) is 22.5. The number of imidazole rings is 1. The topological polar surface area (TPSA) is 18.3 Å². The van der Waals surface area contributed by atoms with Gasteiger partial charge in [-0.25, -0.2) is 4.57 Å². The van der Waals surface area contributed by atoms with Gasteiger partial charge < -0.3 is 4.43 Å². The molecule has 4 aromatic rings. The first-order valence-corrected chi connectivity index (χ1v) is 14.5. The first kappa shape index (κ1) is 19.0. The molecular formula is C29H39N2OSi+. The number of rotatable bonds is 4. The second-order valence-corrected chi connectivity index (χ2v) is 15.6. The van der Waals surface area contributed by atoms with Crippen LogP contribution in [0.5, 0.6) is 5.75 Å². The molecule has 0 fully saturated rings. The molecule has 0 radical (unpaired) electrons. The van der Waals surface area contributed by atoms with Crippen LogP contribution in [0.3, 0.4) is 0 Å². The summed E-state index contributed by atoms with van der Waals surface area (Å²) in [5.74, 6) is 1.12. The van der Waals surface area contributed by atoms with Crippen molar-refractivity contribution >= 4 is 41.0 Å². The van der Waals surface area contributed by atoms with Gasteiger partial charge >= 0.3 is 8.32 Å². The highest BCUT2D eigenvalue weighted by molar-refractivity contribution is 6.88. The summed E-state index contributed by atoms with van der Waals surface area (Å²) in [6, 6.07) is 10.3. The molecule has 3 heterocycles. The number of pyridine rings is 1. The molecule has 0 N–H and O–H groups in total. The summed E-state index contributed by atoms with van der Waals surface area (Å²) < 4.78 is 37.4. The molecule has 0 aliphatic carbocycles. The lowest BCUT2D eigenvalue weighted by atomic mass is 9.93. The minimum absolute atomic E-state index is 0.244. The molecular weight excluding hydrogens is 420 g/mol. The van der Waals surface area contributed by atoms with Gasteiger partial charge in [0, 0.05) is 21.8 Å². The second kappa shape index (κ2) is 7.33. The lowest BCUT2D eigenvalue weighted by Gasteiger charge is -2.39. The van der Waals surface area contributed by atoms with E-state index in [1.165, 1.54) is 27.6 Å². The van der Waals surface area contributed by atoms with Crippen LogP contribution in [-0.2, 0) is 0 Å². The summed E-state index contributed by atoms with van der Waals surface area (Å²) in [4.78, 5) is 0. The molecule has 174 valence electrons. The molecule has 0 unspecified atom stereocenters. The Morgan fingerprint density at radius 1 is 0.939 bits per heavy atom. The zero-order chi connectivity index (χ0) is 26.5. The fourth-order valence-electron chi connectivity index (χ4n) is 6.53. The first-order chi connectivity index (χ1) is 16.7. The minimum atomic E-state index is -2.53. The van der Waals surface area contributed by atoms with Crippen LogP contribution in [0, 0.1) is 13.8 Å². The summed E-state index contributed by atoms with van der Waals surface area (Å²) in [5, 5.41) is 4.27. The van der Waals surface area contributed by atoms with Crippen LogP contribution in [0.2, 0.25) is 11.1 Å². The highest BCUT2D eigenvalue weighted by Crippen LogP contribution is 2.44. The number of nitrogens with zero attached hydrogens (tertiary/aromatic N) is 2. The van der Waals surface area contributed by atoms with E-state index in [0.29, 0.717) is 22.6 Å². The van der Waals surface area contributed by atoms with Gasteiger partial charge in [-0.15, -0.1) is 0 Å². The van der Waals surface area contributed by atoms with Crippen molar-refractivity contribution in [3.8, 4) is 5.75 Å². The molecule has 1 aliphatic rings. The number of hydrogen-bond acceptors (Lipinski definition) is 1. The molecule has 0 spiro atoms. The summed E-state index contributed by atoms with van der Waals surface area (Å²) in [5.41, 5.74) is 5.67. The molecule has 0 saturated carbocycles. The van der Waals surface area contributed by atoms with E-state index in [4.69, 9.17) is 8.54 Å². The third-order valence-electron chi connectivity index (χ3n) is 7.82. The van der Waals surface area contributed by atoms with E-state index in [9.17, 15) is 0 Å². The van der Waals surface area contributed by atoms with Gasteiger partial charge in [0.05, 0.1) is 11.4 Å². The van der Waals surface area contributed by atoms with Gasteiger partial charge in [0.15, 0.2) is 16.6 Å². The molecule has 2 aromatic heterocycles. The number of hydrogen-bond donors (Lipinski definition) is 0. The predicted octanol–water partition coefficient (Wildman–Crippen LogP) is 7.22. The van der Waals surface area contributed by atoms with Crippen molar-refractivity contribution in [1.29, 1.82) is 0 Å². The van der Waals surface area contributed by atoms with Gasteiger partial charge in [0.2, 0.25) is 0 Å². The van der Waals surface area contributed by atoms with Crippen LogP contribution < -0.4 is 14.1 Å². The van der Waals surface area contributed by atoms with E-state index in [1.807, 2.05) is 6.07 Å². The summed E-state index contributed by atoms with van der Waals surface area (Å²) in [6.45, 7) is 18.1. The van der Waals surface area contributed by atoms with E-state index in [-0.39, 0.29) is 6.04 Å². The number of benzene rings is 2. The SMILES string of the molecule is [2H]C([2H])([2H])c1ccc2c3c1c1cccc(C(C)C)c1c1n(C(C)C)c(C)c([n+]31)[Si](C(C)C)(C(C)C)O2. The molecule has 0 saturated heterocycles. The Hall–Kier alpha value is -2.33. The van der Waals surface area contributed by atoms with Crippen molar-refractivity contribution in [2.75, 3.05) is 0 Å². The first-order valence-electron chi connectivity index (χ1n) is 13.9. The molecule has 3 nitrogen and oxygen atoms in total. The Labute approximate surface area is 203 Å². The Morgan fingerprint density at radius 2 is 1.64 bits per heavy atom. The van der Waals surface area contributed by atoms with E-state index in [1.54, 1.807) is 6.07 Å². The summed E-state index contributed by atoms with van der Waals surface area (Å²) in [7, 11) is -2.53. The lowest BCUT2D eigenvalue weighted by Crippen LogP contribution is -2.69. The minimum Gasteiger partial charge on any atom is -0.532 e. The van der Waals surface area contributed by atoms with Gasteiger partial charge in [-0.2, -0.15) is 4.40 Å². The van der Waals surface area contributed by atoms with Crippen molar-refractivity contribution in [2.45, 2.75) is 92.2 Å². The quantitative estimate of drug-likeness (QED) is 0.178. The Bertz CT molecular complexity index is 1520. The Kier molecular flexibility index (Phi) is 4.23. The Balaban J connectivity index is 2.24. The normalized spacial score (nSPS) is 17.1. The van der Waals surface area contributed by atoms with Crippen molar-refractivity contribution in [2.24, 2.45) is 0 Å². The number of aromatic nitrogens is 2. The fraction of sp³-hybridized carbons (Fsp3) is 0.483. The maximum Gasteiger partial charge on any atom is 0.335 e. The molecule has 2 aromatic carbocycles. The van der Waals surface area contributed by atoms with E-state index < -0.39 is 15.2 Å². The molecule has 0 atom stereocenters. The summed E-state index contributed by atoms with van der Waals surface area (Å²) in [6.07, 6.45) is 0. The monoisotopic (exact) mass is 462 g/mol. The van der Waals surface area contributed by atoms with Crippen LogP contribution >= 0.6 is 0 Å². The van der Waals surface area contributed by atoms with Crippen LogP contribution in [-0.4, -0.2) is 12.9 Å². The van der Waals surface area contributed by atoms with Gasteiger partial charge in [-0.1, -0.05) is 65.8 Å². The molecule has 0 bridgehead atoms. The van der Waals surface area contributed by atoms with Gasteiger partial charge in [0.1, 0.15) is 5.69 Å². The van der Waals surface area contributed by atoms with Gasteiger partial charge in [-0.3, -0.25) is 0 Å². The molecule has 33 heavy (non-hydrogen) atoms. The van der Waals surface area contributed by atoms with Gasteiger partial charge in [-0.05, 0) is 54.9 Å². The van der Waals surface area contributed by atoms with E-state index in [0.717, 1.165) is 22.0 Å². The number of fused-ring (bicyclic) bond motifs is 3. The molecule has 5 rings (SSSR count). The highest BCUT2D eigenvalue weighted by Gasteiger charge is 2.57. The van der Waals surface area contributed by atoms with Crippen molar-refractivity contribution < 1.29 is 12.9 Å². The maximum atomic E-state index is 8.44. The molecule has 0 amide bonds. The Morgan fingerprint density at radius 3 is 2.21 bits per heavy atom. The van der Waals surface area contributed by atoms with Crippen LogP contribution in [0.15, 0.2) is 30.3 Å².